The lowest BCUT2D eigenvalue weighted by Gasteiger charge is -2.31. The highest BCUT2D eigenvalue weighted by Gasteiger charge is 2.32. The van der Waals surface area contributed by atoms with Crippen LogP contribution in [-0.4, -0.2) is 72.5 Å². The van der Waals surface area contributed by atoms with E-state index in [1.54, 1.807) is 43.2 Å². The number of rotatable bonds is 8. The maximum atomic E-state index is 12.9. The van der Waals surface area contributed by atoms with E-state index in [2.05, 4.69) is 23.3 Å². The van der Waals surface area contributed by atoms with Crippen LogP contribution in [0.1, 0.15) is 43.7 Å². The molecule has 1 aliphatic rings. The first-order valence-corrected chi connectivity index (χ1v) is 12.6. The van der Waals surface area contributed by atoms with Gasteiger partial charge in [-0.3, -0.25) is 14.8 Å². The van der Waals surface area contributed by atoms with Crippen LogP contribution in [0.3, 0.4) is 0 Å². The molecule has 3 rings (SSSR count). The highest BCUT2D eigenvalue weighted by molar-refractivity contribution is 7.96. The number of carbonyl (C=O) groups is 2. The Morgan fingerprint density at radius 2 is 2.06 bits per heavy atom. The van der Waals surface area contributed by atoms with Gasteiger partial charge in [-0.2, -0.15) is 4.58 Å². The Labute approximate surface area is 199 Å². The SMILES string of the molecule is C=C(C=NC(=CC)C[N+](=C)C(=O)c1cc2ccncc2o1)S(=O)(=O)C1CCN(C(=O)CC)CC1. The first kappa shape index (κ1) is 25.2. The average molecular weight is 486 g/mol. The Balaban J connectivity index is 1.61. The van der Waals surface area contributed by atoms with Gasteiger partial charge in [0.15, 0.2) is 22.0 Å². The lowest BCUT2D eigenvalue weighted by atomic mass is 10.1. The van der Waals surface area contributed by atoms with Crippen molar-refractivity contribution < 1.29 is 27.0 Å². The standard InChI is InChI=1S/C24H29N4O5S/c1-5-19(16-27(4)24(30)21-13-18-7-10-25-15-22(18)33-21)26-14-17(3)34(31,32)20-8-11-28(12-9-20)23(29)6-2/h5,7,10,13-15,20H,3-4,6,8-9,11-12,16H2,1-2H3/q+1. The molecular weight excluding hydrogens is 456 g/mol. The summed E-state index contributed by atoms with van der Waals surface area (Å²) in [5.41, 5.74) is 0.941. The molecule has 2 amide bonds. The summed E-state index contributed by atoms with van der Waals surface area (Å²) in [5.74, 6) is -0.288. The predicted octanol–water partition coefficient (Wildman–Crippen LogP) is 2.99. The van der Waals surface area contributed by atoms with E-state index in [0.29, 0.717) is 43.6 Å². The van der Waals surface area contributed by atoms with Crippen molar-refractivity contribution in [2.24, 2.45) is 4.99 Å². The molecule has 1 fully saturated rings. The third kappa shape index (κ3) is 5.56. The second-order valence-electron chi connectivity index (χ2n) is 8.01. The van der Waals surface area contributed by atoms with E-state index in [0.717, 1.165) is 5.39 Å². The lowest BCUT2D eigenvalue weighted by molar-refractivity contribution is -0.411. The highest BCUT2D eigenvalue weighted by Crippen LogP contribution is 2.23. The van der Waals surface area contributed by atoms with Gasteiger partial charge in [-0.05, 0) is 25.8 Å². The second-order valence-corrected chi connectivity index (χ2v) is 10.3. The smallest absolute Gasteiger partial charge is 0.444 e. The van der Waals surface area contributed by atoms with Crippen LogP contribution < -0.4 is 0 Å². The summed E-state index contributed by atoms with van der Waals surface area (Å²) in [6, 6.07) is 3.35. The quantitative estimate of drug-likeness (QED) is 0.420. The van der Waals surface area contributed by atoms with E-state index < -0.39 is 21.0 Å². The Bertz CT molecular complexity index is 1250. The van der Waals surface area contributed by atoms with Gasteiger partial charge < -0.3 is 9.32 Å². The number of furan rings is 1. The molecule has 2 aromatic heterocycles. The molecule has 0 bridgehead atoms. The molecule has 0 atom stereocenters. The number of sulfone groups is 1. The summed E-state index contributed by atoms with van der Waals surface area (Å²) in [5, 5.41) is 0.150. The minimum Gasteiger partial charge on any atom is -0.444 e. The molecule has 180 valence electrons. The van der Waals surface area contributed by atoms with E-state index in [1.165, 1.54) is 17.0 Å². The summed E-state index contributed by atoms with van der Waals surface area (Å²) in [6.45, 7) is 11.9. The molecule has 34 heavy (non-hydrogen) atoms. The van der Waals surface area contributed by atoms with Gasteiger partial charge in [0, 0.05) is 43.4 Å². The third-order valence-electron chi connectivity index (χ3n) is 5.78. The fourth-order valence-corrected chi connectivity index (χ4v) is 5.16. The molecule has 0 saturated carbocycles. The Hall–Kier alpha value is -3.40. The van der Waals surface area contributed by atoms with Gasteiger partial charge in [-0.25, -0.2) is 13.2 Å². The van der Waals surface area contributed by atoms with Gasteiger partial charge in [0.25, 0.3) is 0 Å². The van der Waals surface area contributed by atoms with Gasteiger partial charge in [0.2, 0.25) is 11.7 Å². The van der Waals surface area contributed by atoms with Crippen LogP contribution in [0.5, 0.6) is 0 Å². The average Bonchev–Trinajstić information content (AvgIpc) is 3.29. The first-order valence-electron chi connectivity index (χ1n) is 11.0. The number of allylic oxidation sites excluding steroid dienone is 2. The number of fused-ring (bicyclic) bond motifs is 1. The van der Waals surface area contributed by atoms with E-state index >= 15 is 0 Å². The summed E-state index contributed by atoms with van der Waals surface area (Å²) >= 11 is 0. The monoisotopic (exact) mass is 485 g/mol. The number of pyridine rings is 1. The zero-order valence-electron chi connectivity index (χ0n) is 19.4. The lowest BCUT2D eigenvalue weighted by Crippen LogP contribution is -2.42. The minimum atomic E-state index is -3.65. The summed E-state index contributed by atoms with van der Waals surface area (Å²) in [4.78, 5) is 34.3. The molecule has 9 nitrogen and oxygen atoms in total. The molecule has 0 unspecified atom stereocenters. The van der Waals surface area contributed by atoms with Crippen LogP contribution in [-0.2, 0) is 14.6 Å². The van der Waals surface area contributed by atoms with Crippen molar-refractivity contribution in [1.29, 1.82) is 0 Å². The molecule has 3 heterocycles. The molecule has 0 aliphatic carbocycles. The third-order valence-corrected chi connectivity index (χ3v) is 7.97. The summed E-state index contributed by atoms with van der Waals surface area (Å²) in [7, 11) is -3.65. The minimum absolute atomic E-state index is 0.0283. The largest absolute Gasteiger partial charge is 0.454 e. The molecule has 1 saturated heterocycles. The summed E-state index contributed by atoms with van der Waals surface area (Å²) in [6.07, 6.45) is 7.15. The number of amides is 2. The molecule has 10 heteroatoms. The number of hydrogen-bond acceptors (Lipinski definition) is 7. The Morgan fingerprint density at radius 3 is 2.68 bits per heavy atom. The molecule has 2 aromatic rings. The van der Waals surface area contributed by atoms with Crippen molar-refractivity contribution in [2.75, 3.05) is 19.6 Å². The molecular formula is C24H29N4O5S+. The zero-order chi connectivity index (χ0) is 24.9. The van der Waals surface area contributed by atoms with Crippen LogP contribution in [0.2, 0.25) is 0 Å². The van der Waals surface area contributed by atoms with Gasteiger partial charge in [0.05, 0.1) is 16.4 Å². The van der Waals surface area contributed by atoms with Crippen LogP contribution in [0, 0.1) is 0 Å². The first-order chi connectivity index (χ1) is 16.2. The second kappa shape index (κ2) is 10.7. The maximum Gasteiger partial charge on any atom is 0.454 e. The van der Waals surface area contributed by atoms with E-state index in [-0.39, 0.29) is 23.1 Å². The zero-order valence-corrected chi connectivity index (χ0v) is 20.3. The van der Waals surface area contributed by atoms with Crippen molar-refractivity contribution in [3.63, 3.8) is 0 Å². The number of piperidine rings is 1. The number of hydrogen-bond donors (Lipinski definition) is 0. The van der Waals surface area contributed by atoms with Gasteiger partial charge in [-0.1, -0.05) is 19.6 Å². The fourth-order valence-electron chi connectivity index (χ4n) is 3.70. The van der Waals surface area contributed by atoms with Crippen LogP contribution >= 0.6 is 0 Å². The van der Waals surface area contributed by atoms with Gasteiger partial charge in [-0.15, -0.1) is 0 Å². The van der Waals surface area contributed by atoms with E-state index in [9.17, 15) is 18.0 Å². The van der Waals surface area contributed by atoms with Crippen LogP contribution in [0.25, 0.3) is 11.0 Å². The number of carbonyl (C=O) groups excluding carboxylic acids is 2. The van der Waals surface area contributed by atoms with Gasteiger partial charge in [0.1, 0.15) is 12.4 Å². The van der Waals surface area contributed by atoms with E-state index in [4.69, 9.17) is 4.42 Å². The summed E-state index contributed by atoms with van der Waals surface area (Å²) < 4.78 is 32.6. The van der Waals surface area contributed by atoms with Crippen LogP contribution in [0.15, 0.2) is 57.2 Å². The van der Waals surface area contributed by atoms with Crippen LogP contribution in [0.4, 0.5) is 0 Å². The van der Waals surface area contributed by atoms with E-state index in [1.807, 2.05) is 0 Å². The number of nitrogens with zero attached hydrogens (tertiary/aromatic N) is 4. The van der Waals surface area contributed by atoms with Gasteiger partial charge >= 0.3 is 5.91 Å². The number of aliphatic imine (C=N–C) groups is 1. The van der Waals surface area contributed by atoms with Crippen molar-refractivity contribution in [2.45, 2.75) is 38.4 Å². The molecule has 0 spiro atoms. The van der Waals surface area contributed by atoms with Crippen molar-refractivity contribution in [3.8, 4) is 0 Å². The van der Waals surface area contributed by atoms with Crippen molar-refractivity contribution >= 4 is 45.6 Å². The molecule has 0 N–H and O–H groups in total. The highest BCUT2D eigenvalue weighted by atomic mass is 32.2. The Morgan fingerprint density at radius 1 is 1.35 bits per heavy atom. The predicted molar refractivity (Wildman–Crippen MR) is 131 cm³/mol. The van der Waals surface area contributed by atoms with Crippen molar-refractivity contribution in [3.05, 3.63) is 53.5 Å². The maximum absolute atomic E-state index is 12.9. The normalized spacial score (nSPS) is 15.7. The fraction of sp³-hybridized carbons (Fsp3) is 0.375. The topological polar surface area (TPSA) is 113 Å². The Kier molecular flexibility index (Phi) is 7.93. The molecule has 0 radical (unpaired) electrons. The van der Waals surface area contributed by atoms with Crippen molar-refractivity contribution in [1.82, 2.24) is 9.88 Å². The molecule has 0 aromatic carbocycles. The number of aromatic nitrogens is 1. The number of likely N-dealkylation sites (tertiary alicyclic amines) is 1. The molecule has 1 aliphatic heterocycles.